The highest BCUT2D eigenvalue weighted by Crippen LogP contribution is 2.45. The summed E-state index contributed by atoms with van der Waals surface area (Å²) >= 11 is 26.7. The van der Waals surface area contributed by atoms with Gasteiger partial charge in [-0.2, -0.15) is 0 Å². The normalized spacial score (nSPS) is 25.1. The number of fused-ring (bicyclic) bond motifs is 18. The van der Waals surface area contributed by atoms with Gasteiger partial charge in [0.15, 0.2) is 27.1 Å². The third kappa shape index (κ3) is 31.9. The second kappa shape index (κ2) is 51.9. The van der Waals surface area contributed by atoms with E-state index >= 15 is 0 Å². The molecule has 13 aliphatic heterocycles. The van der Waals surface area contributed by atoms with E-state index in [0.29, 0.717) is 201 Å². The fraction of sp³-hybridized carbons (Fsp3) is 0.551. The maximum atomic E-state index is 14.1. The molecule has 0 radical (unpaired) electrons. The number of esters is 5. The minimum absolute atomic E-state index is 0. The zero-order valence-corrected chi connectivity index (χ0v) is 88.4. The molecule has 7 unspecified atom stereocenters. The molecule has 0 saturated carbocycles. The lowest BCUT2D eigenvalue weighted by Gasteiger charge is -2.46. The molecule has 0 spiro atoms. The summed E-state index contributed by atoms with van der Waals surface area (Å²) in [4.78, 5) is 134. The van der Waals surface area contributed by atoms with Gasteiger partial charge in [0.1, 0.15) is 52.6 Å². The summed E-state index contributed by atoms with van der Waals surface area (Å²) in [6, 6.07) is 9.53. The SMILES string of the molecule is C.CCOC(=O)CC1(NC(=O)OC(C)(C)C)CC2CNCC(COC2)C1.CCOC(=O)CC1(NS(C)=O)CC2COCC(CN(CC3=C(C(=O)OC)[C@H](c4ccc(F)cc4Cl)N=C(C4=N[C+]=CS4)N3)C2)C1.COC(=O)C1=C(CBr)NC(c2nccs2)=N[C@H]1c1ccc(F)cc1Cl.COC(=O)C1=C(CN2CC3COCC(C2)CC(CC(C)=O)(NC(=O)OC(C)(C)C)C3)NC(c2nccs2)=N[C@H]1c1ccc(F)cc1Cl. The van der Waals surface area contributed by atoms with Gasteiger partial charge in [0.05, 0.1) is 138 Å². The van der Waals surface area contributed by atoms with E-state index in [1.165, 1.54) is 117 Å². The molecule has 5 aromatic rings. The van der Waals surface area contributed by atoms with Gasteiger partial charge in [-0.1, -0.05) is 76.4 Å². The molecule has 0 aliphatic carbocycles. The Kier molecular flexibility index (Phi) is 41.4. The second-order valence-electron chi connectivity index (χ2n) is 38.3. The van der Waals surface area contributed by atoms with Crippen LogP contribution in [0.5, 0.6) is 0 Å². The monoisotopic (exact) mass is 2180 g/mol. The average molecular weight is 2190 g/mol. The highest BCUT2D eigenvalue weighted by atomic mass is 79.9. The van der Waals surface area contributed by atoms with Crippen molar-refractivity contribution in [3.05, 3.63) is 182 Å². The molecule has 18 rings (SSSR count). The summed E-state index contributed by atoms with van der Waals surface area (Å²) in [5.41, 5.74) is 0.583. The van der Waals surface area contributed by atoms with Crippen molar-refractivity contribution in [2.75, 3.05) is 138 Å². The topological polar surface area (TPSA) is 412 Å². The van der Waals surface area contributed by atoms with Gasteiger partial charge in [0.2, 0.25) is 6.20 Å². The number of amides is 2. The van der Waals surface area contributed by atoms with Gasteiger partial charge in [-0.3, -0.25) is 34.2 Å². The van der Waals surface area contributed by atoms with Crippen molar-refractivity contribution >= 4 is 167 Å². The van der Waals surface area contributed by atoms with Crippen molar-refractivity contribution in [1.29, 1.82) is 0 Å². The summed E-state index contributed by atoms with van der Waals surface area (Å²) in [5.74, 6) is -2.08. The number of amidine groups is 3. The summed E-state index contributed by atoms with van der Waals surface area (Å²) in [7, 11) is 2.55. The molecule has 10 atom stereocenters. The minimum Gasteiger partial charge on any atom is -0.466 e. The highest BCUT2D eigenvalue weighted by Gasteiger charge is 2.49. The lowest BCUT2D eigenvalue weighted by molar-refractivity contribution is -0.146. The Labute approximate surface area is 869 Å². The van der Waals surface area contributed by atoms with E-state index in [1.807, 2.05) is 31.5 Å². The Morgan fingerprint density at radius 2 is 0.902 bits per heavy atom. The van der Waals surface area contributed by atoms with Crippen LogP contribution in [0, 0.1) is 59.2 Å². The predicted octanol–water partition coefficient (Wildman–Crippen LogP) is 14.7. The van der Waals surface area contributed by atoms with E-state index < -0.39 is 104 Å². The lowest BCUT2D eigenvalue weighted by Crippen LogP contribution is -2.58. The number of hydrogen-bond acceptors (Lipinski definition) is 34. The van der Waals surface area contributed by atoms with Crippen LogP contribution >= 0.6 is 85.2 Å². The number of Topliss-reactive ketones (excluding diaryl/α,β-unsaturated/α-hetero) is 1. The van der Waals surface area contributed by atoms with Crippen LogP contribution in [0.15, 0.2) is 137 Å². The molecule has 6 bridgehead atoms. The van der Waals surface area contributed by atoms with Gasteiger partial charge in [-0.15, -0.1) is 22.7 Å². The first kappa shape index (κ1) is 114. The van der Waals surface area contributed by atoms with Crippen LogP contribution in [-0.4, -0.2) is 260 Å². The zero-order chi connectivity index (χ0) is 103. The molecule has 143 heavy (non-hydrogen) atoms. The highest BCUT2D eigenvalue weighted by molar-refractivity contribution is 9.09. The number of methoxy groups -OCH3 is 3. The standard InChI is InChI=1S/C33H41ClFN5O6S.C30H35ClFN5O6S2.C18H32N2O5.C16H12BrClFN3O2S.CH4/c1-19(41)11-33(39-31(43)46-32(2,3)4)12-20-14-40(15-21(13-33)18-45-17-20)16-25-26(30(42)44-5)27(23-7-6-22(35)10-24(23)34)38-28(37-25)29-36-8-9-47-29;1-4-43-24(38)12-30(36-45(3)40)10-18-13-37(14-19(11-30)17-42-16-18)15-23-25(29(39)41-2)26(21-6-5-20(32)9-22(21)31)35-27(34-23)28-33-7-8-44-28;1-5-24-15(21)8-18(20-16(22)25-17(2,3)4)6-13-9-19-10-14(7-18)12-23-11-13;1-24-16(23)12-11(7-17)21-14(15-20-4-5-25-15)22-13(12)9-3-2-8(19)6-10(9)18;/h6-10,20-21,27H,11-18H2,1-5H3,(H,37,38)(H,39,43);5-6,8-9,18-19,26,36H,4,10-17H2,1-3H3;13-14,19H,5-12H2,1-4H3,(H,20,22);2-6,13H,7H2,1H3,(H,21,22);1H4/p+1/t20?,21?,27-,33?;18?,19?,26-,30?,45?;;13-;/m00.0./s1. The van der Waals surface area contributed by atoms with Gasteiger partial charge in [-0.25, -0.2) is 61.0 Å². The molecule has 13 aliphatic rings. The molecule has 7 N–H and O–H groups in total. The number of halogens is 7. The van der Waals surface area contributed by atoms with E-state index in [1.54, 1.807) is 58.7 Å². The van der Waals surface area contributed by atoms with Crippen LogP contribution in [0.2, 0.25) is 15.1 Å². The summed E-state index contributed by atoms with van der Waals surface area (Å²) < 4.78 is 112. The average Bonchev–Trinajstić information content (AvgIpc) is 1.59. The first-order chi connectivity index (χ1) is 67.6. The van der Waals surface area contributed by atoms with Gasteiger partial charge in [-0.05, 0) is 173 Å². The third-order valence-corrected chi connectivity index (χ3v) is 28.9. The Balaban J connectivity index is 0.000000189. The smallest absolute Gasteiger partial charge is 0.408 e. The van der Waals surface area contributed by atoms with Gasteiger partial charge in [0.25, 0.3) is 10.9 Å². The van der Waals surface area contributed by atoms with Gasteiger partial charge >= 0.3 is 42.0 Å². The summed E-state index contributed by atoms with van der Waals surface area (Å²) in [6.07, 6.45) is 10.6. The van der Waals surface area contributed by atoms with Crippen LogP contribution in [0.25, 0.3) is 0 Å². The number of aromatic nitrogens is 2. The first-order valence-electron chi connectivity index (χ1n) is 46.4. The van der Waals surface area contributed by atoms with E-state index in [2.05, 4.69) is 88.5 Å². The predicted molar refractivity (Wildman–Crippen MR) is 546 cm³/mol. The first-order valence-corrected chi connectivity index (χ1v) is 52.9. The molecular formula is C98H125BrCl3F3N15O19S4+. The van der Waals surface area contributed by atoms with Gasteiger partial charge < -0.3 is 79.3 Å². The number of benzene rings is 3. The van der Waals surface area contributed by atoms with E-state index in [0.717, 1.165) is 13.1 Å². The van der Waals surface area contributed by atoms with Crippen molar-refractivity contribution in [2.24, 2.45) is 55.5 Å². The zero-order valence-electron chi connectivity index (χ0n) is 81.3. The third-order valence-electron chi connectivity index (χ3n) is 24.3. The molecule has 15 heterocycles. The number of ether oxygens (including phenoxy) is 10. The fourth-order valence-electron chi connectivity index (χ4n) is 19.7. The van der Waals surface area contributed by atoms with Crippen molar-refractivity contribution < 1.29 is 103 Å². The minimum atomic E-state index is -1.35. The molecule has 34 nitrogen and oxygen atoms in total. The Morgan fingerprint density at radius 3 is 1.24 bits per heavy atom. The van der Waals surface area contributed by atoms with E-state index in [4.69, 9.17) is 92.2 Å². The van der Waals surface area contributed by atoms with Crippen molar-refractivity contribution in [2.45, 2.75) is 173 Å². The van der Waals surface area contributed by atoms with Crippen LogP contribution in [0.3, 0.4) is 0 Å². The van der Waals surface area contributed by atoms with Crippen molar-refractivity contribution in [3.8, 4) is 0 Å². The van der Waals surface area contributed by atoms with Crippen molar-refractivity contribution in [1.82, 2.24) is 56.4 Å². The lowest BCUT2D eigenvalue weighted by atomic mass is 9.74. The Morgan fingerprint density at radius 1 is 0.545 bits per heavy atom. The number of allylic oxidation sites excluding steroid dienone is 1. The quantitative estimate of drug-likeness (QED) is 0.0117. The van der Waals surface area contributed by atoms with Gasteiger partial charge in [0, 0.05) is 153 Å². The number of thiazole rings is 2. The van der Waals surface area contributed by atoms with Crippen LogP contribution in [0.4, 0.5) is 22.8 Å². The number of carbonyl (C=O) groups is 8. The van der Waals surface area contributed by atoms with E-state index in [-0.39, 0.29) is 113 Å². The molecule has 2 aromatic heterocycles. The molecule has 3 aromatic carbocycles. The Bertz CT molecular complexity index is 5610. The molecule has 45 heteroatoms. The molecule has 9 fully saturated rings. The van der Waals surface area contributed by atoms with Crippen LogP contribution in [0.1, 0.15) is 172 Å². The Hall–Kier alpha value is -9.21. The number of alkyl halides is 1. The largest absolute Gasteiger partial charge is 0.466 e. The number of nitrogens with zero attached hydrogens (tertiary/aromatic N) is 8. The number of aliphatic imine (C=N–C) groups is 4. The summed E-state index contributed by atoms with van der Waals surface area (Å²) in [5, 5.41) is 27.4. The number of alkyl carbamates (subject to hydrolysis) is 2. The number of ketones is 1. The maximum Gasteiger partial charge on any atom is 0.408 e. The number of nitrogens with one attached hydrogen (secondary N) is 7. The van der Waals surface area contributed by atoms with E-state index in [9.17, 15) is 55.7 Å². The fourth-order valence-corrected chi connectivity index (χ4v) is 23.5. The number of rotatable bonds is 26. The summed E-state index contributed by atoms with van der Waals surface area (Å²) in [6.45, 7) is 24.3. The molecule has 2 amide bonds. The molecular weight excluding hydrogens is 2060 g/mol. The number of hydrogen-bond donors (Lipinski definition) is 7. The molecule has 778 valence electrons. The maximum absolute atomic E-state index is 14.1. The number of thioether (sulfide) groups is 1. The molecule has 9 saturated heterocycles. The number of carbonyl (C=O) groups excluding carboxylic acids is 8. The van der Waals surface area contributed by atoms with Crippen molar-refractivity contribution in [3.63, 3.8) is 0 Å². The second-order valence-corrected chi connectivity index (χ2v) is 43.9. The van der Waals surface area contributed by atoms with Crippen LogP contribution < -0.4 is 36.6 Å². The van der Waals surface area contributed by atoms with Crippen LogP contribution in [-0.2, 0) is 87.1 Å².